The standard InChI is InChI=1S/C23H19Cl2N3O4/c24-17-3-6-20(21(25)9-17)23(13-28-8-7-26-14-28)31-12-19(32-23)11-29-18-4-1-16(2-5-18)22-10-27-15-30-22/h1-10,14-15,19H,11-13H2. The lowest BCUT2D eigenvalue weighted by atomic mass is 10.1. The molecule has 0 bridgehead atoms. The summed E-state index contributed by atoms with van der Waals surface area (Å²) in [6, 6.07) is 12.9. The van der Waals surface area contributed by atoms with Gasteiger partial charge in [-0.1, -0.05) is 29.3 Å². The third-order valence-electron chi connectivity index (χ3n) is 5.16. The fraction of sp³-hybridized carbons (Fsp3) is 0.217. The lowest BCUT2D eigenvalue weighted by Crippen LogP contribution is -2.34. The summed E-state index contributed by atoms with van der Waals surface area (Å²) in [7, 11) is 0. The van der Waals surface area contributed by atoms with Gasteiger partial charge in [-0.15, -0.1) is 0 Å². The van der Waals surface area contributed by atoms with Crippen LogP contribution in [-0.4, -0.2) is 33.9 Å². The quantitative estimate of drug-likeness (QED) is 0.369. The van der Waals surface area contributed by atoms with E-state index in [0.717, 1.165) is 5.56 Å². The second-order valence-corrected chi connectivity index (χ2v) is 8.21. The van der Waals surface area contributed by atoms with Gasteiger partial charge in [0.1, 0.15) is 18.5 Å². The topological polar surface area (TPSA) is 71.5 Å². The first-order valence-corrected chi connectivity index (χ1v) is 10.7. The third kappa shape index (κ3) is 4.38. The Morgan fingerprint density at radius 1 is 1.12 bits per heavy atom. The Morgan fingerprint density at radius 2 is 2.00 bits per heavy atom. The number of aromatic nitrogens is 3. The van der Waals surface area contributed by atoms with Crippen LogP contribution >= 0.6 is 23.2 Å². The van der Waals surface area contributed by atoms with Crippen LogP contribution in [0.3, 0.4) is 0 Å². The van der Waals surface area contributed by atoms with Crippen molar-refractivity contribution in [3.63, 3.8) is 0 Å². The molecule has 2 aromatic heterocycles. The molecule has 9 heteroatoms. The van der Waals surface area contributed by atoms with E-state index in [-0.39, 0.29) is 6.10 Å². The molecule has 7 nitrogen and oxygen atoms in total. The second-order valence-electron chi connectivity index (χ2n) is 7.36. The van der Waals surface area contributed by atoms with Crippen molar-refractivity contribution in [3.8, 4) is 17.1 Å². The van der Waals surface area contributed by atoms with Crippen molar-refractivity contribution in [3.05, 3.63) is 89.4 Å². The molecule has 32 heavy (non-hydrogen) atoms. The van der Waals surface area contributed by atoms with E-state index in [2.05, 4.69) is 9.97 Å². The summed E-state index contributed by atoms with van der Waals surface area (Å²) in [5.41, 5.74) is 1.63. The summed E-state index contributed by atoms with van der Waals surface area (Å²) in [4.78, 5) is 8.04. The van der Waals surface area contributed by atoms with Gasteiger partial charge < -0.3 is 23.2 Å². The van der Waals surface area contributed by atoms with Crippen molar-refractivity contribution in [2.24, 2.45) is 0 Å². The number of nitrogens with zero attached hydrogens (tertiary/aromatic N) is 3. The van der Waals surface area contributed by atoms with Crippen molar-refractivity contribution >= 4 is 23.2 Å². The summed E-state index contributed by atoms with van der Waals surface area (Å²) in [5, 5.41) is 1.02. The van der Waals surface area contributed by atoms with E-state index in [9.17, 15) is 0 Å². The summed E-state index contributed by atoms with van der Waals surface area (Å²) in [6.07, 6.45) is 8.03. The zero-order chi connectivity index (χ0) is 22.0. The first-order valence-electron chi connectivity index (χ1n) is 9.96. The Morgan fingerprint density at radius 3 is 2.72 bits per heavy atom. The molecule has 5 rings (SSSR count). The molecule has 1 fully saturated rings. The molecule has 2 aromatic carbocycles. The number of oxazole rings is 1. The van der Waals surface area contributed by atoms with Crippen LogP contribution in [-0.2, 0) is 21.8 Å². The van der Waals surface area contributed by atoms with Crippen molar-refractivity contribution in [2.45, 2.75) is 18.4 Å². The third-order valence-corrected chi connectivity index (χ3v) is 5.71. The van der Waals surface area contributed by atoms with Crippen LogP contribution in [0.4, 0.5) is 0 Å². The largest absolute Gasteiger partial charge is 0.491 e. The van der Waals surface area contributed by atoms with Crippen LogP contribution in [0.2, 0.25) is 10.0 Å². The first-order chi connectivity index (χ1) is 15.6. The number of halogens is 2. The fourth-order valence-corrected chi connectivity index (χ4v) is 4.19. The van der Waals surface area contributed by atoms with Gasteiger partial charge in [-0.3, -0.25) is 0 Å². The van der Waals surface area contributed by atoms with Gasteiger partial charge in [0, 0.05) is 28.5 Å². The van der Waals surface area contributed by atoms with Gasteiger partial charge in [0.05, 0.1) is 30.7 Å². The Kier molecular flexibility index (Phi) is 5.89. The molecule has 0 amide bonds. The van der Waals surface area contributed by atoms with Crippen LogP contribution in [0.25, 0.3) is 11.3 Å². The highest BCUT2D eigenvalue weighted by atomic mass is 35.5. The molecule has 1 aliphatic heterocycles. The van der Waals surface area contributed by atoms with Gasteiger partial charge in [-0.05, 0) is 36.4 Å². The van der Waals surface area contributed by atoms with E-state index in [4.69, 9.17) is 41.8 Å². The SMILES string of the molecule is Clc1ccc(C2(Cn3ccnc3)OCC(COc3ccc(-c4cnco4)cc3)O2)c(Cl)c1. The number of hydrogen-bond acceptors (Lipinski definition) is 6. The molecule has 164 valence electrons. The average molecular weight is 472 g/mol. The maximum Gasteiger partial charge on any atom is 0.215 e. The summed E-state index contributed by atoms with van der Waals surface area (Å²) >= 11 is 12.6. The van der Waals surface area contributed by atoms with Gasteiger partial charge in [-0.25, -0.2) is 9.97 Å². The summed E-state index contributed by atoms with van der Waals surface area (Å²) in [6.45, 7) is 1.05. The number of benzene rings is 2. The van der Waals surface area contributed by atoms with E-state index in [1.165, 1.54) is 6.39 Å². The zero-order valence-electron chi connectivity index (χ0n) is 16.9. The van der Waals surface area contributed by atoms with Gasteiger partial charge in [-0.2, -0.15) is 0 Å². The van der Waals surface area contributed by atoms with Crippen molar-refractivity contribution < 1.29 is 18.6 Å². The van der Waals surface area contributed by atoms with Gasteiger partial charge >= 0.3 is 0 Å². The molecule has 4 aromatic rings. The molecular formula is C23H19Cl2N3O4. The molecule has 0 radical (unpaired) electrons. The van der Waals surface area contributed by atoms with Crippen LogP contribution in [0.5, 0.6) is 5.75 Å². The second kappa shape index (κ2) is 8.96. The van der Waals surface area contributed by atoms with E-state index < -0.39 is 5.79 Å². The minimum atomic E-state index is -1.08. The fourth-order valence-electron chi connectivity index (χ4n) is 3.64. The Hall–Kier alpha value is -2.84. The van der Waals surface area contributed by atoms with Crippen LogP contribution in [0, 0.1) is 0 Å². The molecule has 2 unspecified atom stereocenters. The highest BCUT2D eigenvalue weighted by Crippen LogP contribution is 2.40. The van der Waals surface area contributed by atoms with Crippen molar-refractivity contribution in [2.75, 3.05) is 13.2 Å². The van der Waals surface area contributed by atoms with E-state index in [0.29, 0.717) is 46.9 Å². The zero-order valence-corrected chi connectivity index (χ0v) is 18.4. The molecule has 0 spiro atoms. The summed E-state index contributed by atoms with van der Waals surface area (Å²) < 4.78 is 25.7. The normalized spacial score (nSPS) is 20.5. The van der Waals surface area contributed by atoms with Crippen molar-refractivity contribution in [1.82, 2.24) is 14.5 Å². The van der Waals surface area contributed by atoms with Crippen LogP contribution in [0.1, 0.15) is 5.56 Å². The maximum atomic E-state index is 6.50. The Labute approximate surface area is 194 Å². The van der Waals surface area contributed by atoms with Crippen LogP contribution < -0.4 is 4.74 Å². The predicted molar refractivity (Wildman–Crippen MR) is 119 cm³/mol. The Balaban J connectivity index is 1.30. The smallest absolute Gasteiger partial charge is 0.215 e. The minimum absolute atomic E-state index is 0.292. The maximum absolute atomic E-state index is 6.50. The molecular weight excluding hydrogens is 453 g/mol. The van der Waals surface area contributed by atoms with E-state index >= 15 is 0 Å². The average Bonchev–Trinajstić information content (AvgIpc) is 3.56. The van der Waals surface area contributed by atoms with Crippen LogP contribution in [0.15, 0.2) is 78.2 Å². The lowest BCUT2D eigenvalue weighted by Gasteiger charge is -2.30. The van der Waals surface area contributed by atoms with Gasteiger partial charge in [0.15, 0.2) is 12.2 Å². The predicted octanol–water partition coefficient (Wildman–Crippen LogP) is 5.19. The first kappa shape index (κ1) is 21.0. The van der Waals surface area contributed by atoms with Gasteiger partial charge in [0.25, 0.3) is 0 Å². The lowest BCUT2D eigenvalue weighted by molar-refractivity contribution is -0.189. The van der Waals surface area contributed by atoms with E-state index in [1.807, 2.05) is 41.1 Å². The molecule has 1 saturated heterocycles. The molecule has 0 aliphatic carbocycles. The van der Waals surface area contributed by atoms with E-state index in [1.54, 1.807) is 30.9 Å². The van der Waals surface area contributed by atoms with Crippen molar-refractivity contribution in [1.29, 1.82) is 0 Å². The van der Waals surface area contributed by atoms with Gasteiger partial charge in [0.2, 0.25) is 5.79 Å². The number of ether oxygens (including phenoxy) is 3. The highest BCUT2D eigenvalue weighted by molar-refractivity contribution is 6.35. The Bertz CT molecular complexity index is 1170. The molecule has 0 N–H and O–H groups in total. The number of hydrogen-bond donors (Lipinski definition) is 0. The number of imidazole rings is 1. The molecule has 2 atom stereocenters. The molecule has 3 heterocycles. The molecule has 1 aliphatic rings. The molecule has 0 saturated carbocycles. The minimum Gasteiger partial charge on any atom is -0.491 e. The number of rotatable bonds is 7. The highest BCUT2D eigenvalue weighted by Gasteiger charge is 2.45. The summed E-state index contributed by atoms with van der Waals surface area (Å²) in [5.74, 6) is 0.341. The monoisotopic (exact) mass is 471 g/mol.